The van der Waals surface area contributed by atoms with Crippen molar-refractivity contribution in [3.05, 3.63) is 41.2 Å². The van der Waals surface area contributed by atoms with E-state index >= 15 is 0 Å². The molecule has 0 atom stereocenters. The van der Waals surface area contributed by atoms with Crippen LogP contribution in [0.2, 0.25) is 5.02 Å². The third-order valence-corrected chi connectivity index (χ3v) is 3.00. The van der Waals surface area contributed by atoms with E-state index in [1.807, 2.05) is 0 Å². The first-order chi connectivity index (χ1) is 9.61. The normalized spacial score (nSPS) is 10.8. The molecule has 0 amide bonds. The molecule has 0 fully saturated rings. The van der Waals surface area contributed by atoms with Crippen LogP contribution in [0.25, 0.3) is 0 Å². The van der Waals surface area contributed by atoms with Gasteiger partial charge in [-0.3, -0.25) is 0 Å². The second-order valence-corrected chi connectivity index (χ2v) is 4.57. The molecule has 1 heterocycles. The number of hydrogen-bond donors (Lipinski definition) is 1. The molecule has 0 aliphatic rings. The molecular formula is C13H14ClF2N3O. The van der Waals surface area contributed by atoms with Gasteiger partial charge in [-0.15, -0.1) is 0 Å². The number of nitrogens with one attached hydrogen (secondary N) is 1. The molecule has 0 bridgehead atoms. The molecule has 0 aliphatic heterocycles. The largest absolute Gasteiger partial charge is 0.385 e. The summed E-state index contributed by atoms with van der Waals surface area (Å²) in [5.41, 5.74) is 0.00672. The molecule has 108 valence electrons. The summed E-state index contributed by atoms with van der Waals surface area (Å²) in [5, 5.41) is 2.75. The highest BCUT2D eigenvalue weighted by Crippen LogP contribution is 2.28. The minimum absolute atomic E-state index is 0.00672. The summed E-state index contributed by atoms with van der Waals surface area (Å²) in [6.07, 6.45) is 4.14. The van der Waals surface area contributed by atoms with Crippen LogP contribution >= 0.6 is 11.6 Å². The number of halogens is 3. The molecule has 0 saturated heterocycles. The van der Waals surface area contributed by atoms with Gasteiger partial charge in [0.25, 0.3) is 0 Å². The number of benzene rings is 1. The summed E-state index contributed by atoms with van der Waals surface area (Å²) in [6.45, 7) is 1.28. The molecule has 0 radical (unpaired) electrons. The van der Waals surface area contributed by atoms with Crippen LogP contribution in [0.1, 0.15) is 6.42 Å². The summed E-state index contributed by atoms with van der Waals surface area (Å²) in [5.74, 6) is -1.04. The van der Waals surface area contributed by atoms with E-state index in [4.69, 9.17) is 16.3 Å². The van der Waals surface area contributed by atoms with Gasteiger partial charge in [-0.25, -0.2) is 13.8 Å². The van der Waals surface area contributed by atoms with Crippen LogP contribution in [0.3, 0.4) is 0 Å². The fourth-order valence-electron chi connectivity index (χ4n) is 1.77. The first-order valence-electron chi connectivity index (χ1n) is 6.03. The number of hydrogen-bond acceptors (Lipinski definition) is 3. The van der Waals surface area contributed by atoms with E-state index in [2.05, 4.69) is 10.3 Å². The molecule has 7 heteroatoms. The Morgan fingerprint density at radius 1 is 1.40 bits per heavy atom. The highest BCUT2D eigenvalue weighted by atomic mass is 35.5. The summed E-state index contributed by atoms with van der Waals surface area (Å²) < 4.78 is 33.5. The third kappa shape index (κ3) is 3.46. The summed E-state index contributed by atoms with van der Waals surface area (Å²) in [6, 6.07) is 1.82. The number of imidazole rings is 1. The smallest absolute Gasteiger partial charge is 0.207 e. The average Bonchev–Trinajstić information content (AvgIpc) is 2.81. The second kappa shape index (κ2) is 6.67. The Kier molecular flexibility index (Phi) is 4.92. The topological polar surface area (TPSA) is 39.1 Å². The third-order valence-electron chi connectivity index (χ3n) is 2.71. The molecule has 2 aromatic rings. The quantitative estimate of drug-likeness (QED) is 0.829. The fraction of sp³-hybridized carbons (Fsp3) is 0.308. The first kappa shape index (κ1) is 14.7. The average molecular weight is 302 g/mol. The van der Waals surface area contributed by atoms with Crippen LogP contribution in [0.5, 0.6) is 0 Å². The van der Waals surface area contributed by atoms with E-state index in [9.17, 15) is 8.78 Å². The van der Waals surface area contributed by atoms with E-state index in [1.165, 1.54) is 0 Å². The van der Waals surface area contributed by atoms with Crippen LogP contribution in [-0.4, -0.2) is 23.3 Å². The van der Waals surface area contributed by atoms with Crippen LogP contribution in [0.4, 0.5) is 20.4 Å². The van der Waals surface area contributed by atoms with E-state index < -0.39 is 11.6 Å². The molecule has 0 saturated carbocycles. The zero-order valence-electron chi connectivity index (χ0n) is 10.9. The van der Waals surface area contributed by atoms with Gasteiger partial charge in [0.05, 0.1) is 10.7 Å². The number of nitrogens with zero attached hydrogens (tertiary/aromatic N) is 2. The van der Waals surface area contributed by atoms with Crippen molar-refractivity contribution in [3.63, 3.8) is 0 Å². The molecule has 0 aliphatic carbocycles. The van der Waals surface area contributed by atoms with Crippen LogP contribution in [0.15, 0.2) is 24.5 Å². The van der Waals surface area contributed by atoms with Gasteiger partial charge in [0, 0.05) is 38.7 Å². The van der Waals surface area contributed by atoms with Crippen molar-refractivity contribution < 1.29 is 13.5 Å². The Morgan fingerprint density at radius 2 is 2.20 bits per heavy atom. The van der Waals surface area contributed by atoms with Crippen LogP contribution < -0.4 is 5.32 Å². The predicted octanol–water partition coefficient (Wildman–Crippen LogP) is 3.59. The Labute approximate surface area is 120 Å². The Balaban J connectivity index is 2.16. The van der Waals surface area contributed by atoms with Crippen molar-refractivity contribution in [2.24, 2.45) is 0 Å². The standard InChI is InChI=1S/C13H14ClF2N3O/c1-20-6-2-4-19-5-3-17-13(19)18-12-10(14)7-9(15)8-11(12)16/h3,5,7-8H,2,4,6H2,1H3,(H,17,18). The Bertz CT molecular complexity index is 566. The number of methoxy groups -OCH3 is 1. The van der Waals surface area contributed by atoms with Crippen molar-refractivity contribution in [2.45, 2.75) is 13.0 Å². The minimum atomic E-state index is -0.763. The van der Waals surface area contributed by atoms with Gasteiger partial charge in [0.15, 0.2) is 5.82 Å². The molecule has 20 heavy (non-hydrogen) atoms. The number of aryl methyl sites for hydroxylation is 1. The van der Waals surface area contributed by atoms with Gasteiger partial charge in [0.2, 0.25) is 5.95 Å². The van der Waals surface area contributed by atoms with E-state index in [0.29, 0.717) is 19.1 Å². The lowest BCUT2D eigenvalue weighted by Gasteiger charge is -2.11. The molecule has 1 aromatic heterocycles. The molecular weight excluding hydrogens is 288 g/mol. The maximum absolute atomic E-state index is 13.7. The number of rotatable bonds is 6. The van der Waals surface area contributed by atoms with Gasteiger partial charge in [0.1, 0.15) is 5.82 Å². The minimum Gasteiger partial charge on any atom is -0.385 e. The highest BCUT2D eigenvalue weighted by molar-refractivity contribution is 6.33. The fourth-order valence-corrected chi connectivity index (χ4v) is 2.01. The lowest BCUT2D eigenvalue weighted by Crippen LogP contribution is -2.06. The highest BCUT2D eigenvalue weighted by Gasteiger charge is 2.12. The van der Waals surface area contributed by atoms with Gasteiger partial charge in [-0.1, -0.05) is 11.6 Å². The zero-order chi connectivity index (χ0) is 14.5. The maximum atomic E-state index is 13.7. The van der Waals surface area contributed by atoms with Crippen LogP contribution in [-0.2, 0) is 11.3 Å². The predicted molar refractivity (Wildman–Crippen MR) is 73.4 cm³/mol. The molecule has 4 nitrogen and oxygen atoms in total. The van der Waals surface area contributed by atoms with E-state index in [-0.39, 0.29) is 10.7 Å². The first-order valence-corrected chi connectivity index (χ1v) is 6.41. The number of anilines is 2. The van der Waals surface area contributed by atoms with Gasteiger partial charge < -0.3 is 14.6 Å². The lowest BCUT2D eigenvalue weighted by molar-refractivity contribution is 0.190. The van der Waals surface area contributed by atoms with Crippen molar-refractivity contribution in [1.29, 1.82) is 0 Å². The van der Waals surface area contributed by atoms with Gasteiger partial charge in [-0.05, 0) is 12.5 Å². The lowest BCUT2D eigenvalue weighted by atomic mass is 10.3. The van der Waals surface area contributed by atoms with Crippen molar-refractivity contribution in [1.82, 2.24) is 9.55 Å². The Morgan fingerprint density at radius 3 is 2.90 bits per heavy atom. The van der Waals surface area contributed by atoms with Gasteiger partial charge >= 0.3 is 0 Å². The molecule has 2 rings (SSSR count). The molecule has 0 unspecified atom stereocenters. The number of aromatic nitrogens is 2. The van der Waals surface area contributed by atoms with E-state index in [1.54, 1.807) is 24.1 Å². The maximum Gasteiger partial charge on any atom is 0.207 e. The second-order valence-electron chi connectivity index (χ2n) is 4.16. The summed E-state index contributed by atoms with van der Waals surface area (Å²) >= 11 is 5.83. The summed E-state index contributed by atoms with van der Waals surface area (Å²) in [4.78, 5) is 4.09. The monoisotopic (exact) mass is 301 g/mol. The van der Waals surface area contributed by atoms with Crippen molar-refractivity contribution in [2.75, 3.05) is 19.0 Å². The summed E-state index contributed by atoms with van der Waals surface area (Å²) in [7, 11) is 1.63. The van der Waals surface area contributed by atoms with Gasteiger partial charge in [-0.2, -0.15) is 0 Å². The van der Waals surface area contributed by atoms with Crippen LogP contribution in [0, 0.1) is 11.6 Å². The molecule has 0 spiro atoms. The molecule has 1 aromatic carbocycles. The zero-order valence-corrected chi connectivity index (χ0v) is 11.6. The van der Waals surface area contributed by atoms with Crippen molar-refractivity contribution >= 4 is 23.2 Å². The van der Waals surface area contributed by atoms with Crippen molar-refractivity contribution in [3.8, 4) is 0 Å². The SMILES string of the molecule is COCCCn1ccnc1Nc1c(F)cc(F)cc1Cl. The molecule has 1 N–H and O–H groups in total. The van der Waals surface area contributed by atoms with E-state index in [0.717, 1.165) is 18.6 Å². The number of ether oxygens (including phenoxy) is 1. The Hall–Kier alpha value is -1.66.